The van der Waals surface area contributed by atoms with Gasteiger partial charge in [-0.2, -0.15) is 0 Å². The lowest BCUT2D eigenvalue weighted by atomic mass is 10.1. The summed E-state index contributed by atoms with van der Waals surface area (Å²) in [5.41, 5.74) is 8.47. The van der Waals surface area contributed by atoms with E-state index in [4.69, 9.17) is 10.5 Å². The number of nitrogens with zero attached hydrogens (tertiary/aromatic N) is 2. The van der Waals surface area contributed by atoms with Gasteiger partial charge >= 0.3 is 0 Å². The zero-order valence-corrected chi connectivity index (χ0v) is 13.0. The van der Waals surface area contributed by atoms with E-state index in [0.717, 1.165) is 27.2 Å². The van der Waals surface area contributed by atoms with Gasteiger partial charge in [0.25, 0.3) is 0 Å². The minimum atomic E-state index is 0. The Balaban J connectivity index is 0.000001000. The molecule has 0 aliphatic heterocycles. The molecule has 7 heteroatoms. The maximum Gasteiger partial charge on any atom is 0.181 e. The summed E-state index contributed by atoms with van der Waals surface area (Å²) in [6.07, 6.45) is 1.73. The largest absolute Gasteiger partial charge is 0.497 e. The molecule has 3 aromatic rings. The van der Waals surface area contributed by atoms with E-state index in [2.05, 4.69) is 9.97 Å². The molecule has 2 N–H and O–H groups in total. The number of fused-ring (bicyclic) bond motifs is 1. The van der Waals surface area contributed by atoms with Gasteiger partial charge in [-0.1, -0.05) is 17.4 Å². The molecule has 0 saturated carbocycles. The first-order valence-corrected chi connectivity index (χ1v) is 6.24. The fourth-order valence-corrected chi connectivity index (χ4v) is 2.52. The Kier molecular flexibility index (Phi) is 5.56. The number of halogens is 2. The summed E-state index contributed by atoms with van der Waals surface area (Å²) in [5.74, 6) is 0.790. The molecule has 0 unspecified atom stereocenters. The van der Waals surface area contributed by atoms with Crippen molar-refractivity contribution in [2.75, 3.05) is 12.8 Å². The highest BCUT2D eigenvalue weighted by Gasteiger charge is 2.05. The summed E-state index contributed by atoms with van der Waals surface area (Å²) < 4.78 is 6.28. The van der Waals surface area contributed by atoms with Crippen molar-refractivity contribution in [3.05, 3.63) is 36.5 Å². The maximum atomic E-state index is 5.70. The molecule has 0 amide bonds. The van der Waals surface area contributed by atoms with Crippen molar-refractivity contribution in [3.8, 4) is 17.0 Å². The third-order valence-electron chi connectivity index (χ3n) is 2.67. The standard InChI is InChI=1S/C13H11N3OS.2ClH/c1-17-9-4-5-15-10(7-9)8-2-3-12-11(6-8)16-13(14)18-12;;/h2-7H,1H3,(H2,14,16);2*1H. The van der Waals surface area contributed by atoms with Gasteiger partial charge < -0.3 is 10.5 Å². The fraction of sp³-hybridized carbons (Fsp3) is 0.0769. The lowest BCUT2D eigenvalue weighted by Gasteiger charge is -2.03. The van der Waals surface area contributed by atoms with Crippen LogP contribution in [0.3, 0.4) is 0 Å². The van der Waals surface area contributed by atoms with Gasteiger partial charge in [-0.05, 0) is 18.2 Å². The molecule has 0 atom stereocenters. The molecule has 0 aliphatic carbocycles. The topological polar surface area (TPSA) is 61.0 Å². The Labute approximate surface area is 132 Å². The summed E-state index contributed by atoms with van der Waals surface area (Å²) in [4.78, 5) is 8.61. The normalized spacial score (nSPS) is 9.65. The predicted octanol–water partition coefficient (Wildman–Crippen LogP) is 3.79. The third-order valence-corrected chi connectivity index (χ3v) is 3.53. The quantitative estimate of drug-likeness (QED) is 0.776. The van der Waals surface area contributed by atoms with Crippen molar-refractivity contribution in [2.24, 2.45) is 0 Å². The van der Waals surface area contributed by atoms with E-state index >= 15 is 0 Å². The molecule has 0 saturated heterocycles. The van der Waals surface area contributed by atoms with E-state index in [0.29, 0.717) is 5.13 Å². The summed E-state index contributed by atoms with van der Waals surface area (Å²) in [6, 6.07) is 9.74. The van der Waals surface area contributed by atoms with Crippen molar-refractivity contribution in [1.82, 2.24) is 9.97 Å². The second-order valence-electron chi connectivity index (χ2n) is 3.82. The third kappa shape index (κ3) is 3.12. The van der Waals surface area contributed by atoms with E-state index in [1.165, 1.54) is 11.3 Å². The van der Waals surface area contributed by atoms with Crippen LogP contribution < -0.4 is 10.5 Å². The first-order chi connectivity index (χ1) is 8.76. The predicted molar refractivity (Wildman–Crippen MR) is 88.3 cm³/mol. The summed E-state index contributed by atoms with van der Waals surface area (Å²) in [5, 5.41) is 0.584. The first-order valence-electron chi connectivity index (χ1n) is 5.43. The molecule has 0 bridgehead atoms. The van der Waals surface area contributed by atoms with E-state index in [-0.39, 0.29) is 24.8 Å². The number of anilines is 1. The number of nitrogen functional groups attached to an aromatic ring is 1. The number of pyridine rings is 1. The zero-order chi connectivity index (χ0) is 12.5. The minimum Gasteiger partial charge on any atom is -0.497 e. The van der Waals surface area contributed by atoms with Crippen LogP contribution in [-0.4, -0.2) is 17.1 Å². The molecule has 4 nitrogen and oxygen atoms in total. The number of thiazole rings is 1. The molecular formula is C13H13Cl2N3OS. The van der Waals surface area contributed by atoms with Crippen LogP contribution in [0.25, 0.3) is 21.5 Å². The van der Waals surface area contributed by atoms with Crippen LogP contribution in [0.15, 0.2) is 36.5 Å². The van der Waals surface area contributed by atoms with Gasteiger partial charge in [0.05, 0.1) is 23.0 Å². The Bertz CT molecular complexity index is 718. The van der Waals surface area contributed by atoms with Crippen molar-refractivity contribution in [3.63, 3.8) is 0 Å². The van der Waals surface area contributed by atoms with Gasteiger partial charge in [-0.15, -0.1) is 24.8 Å². The van der Waals surface area contributed by atoms with E-state index in [1.54, 1.807) is 13.3 Å². The molecule has 0 spiro atoms. The molecular weight excluding hydrogens is 317 g/mol. The van der Waals surface area contributed by atoms with Crippen LogP contribution in [0.2, 0.25) is 0 Å². The zero-order valence-electron chi connectivity index (χ0n) is 10.6. The highest BCUT2D eigenvalue weighted by molar-refractivity contribution is 7.22. The highest BCUT2D eigenvalue weighted by Crippen LogP contribution is 2.29. The maximum absolute atomic E-state index is 5.70. The second-order valence-corrected chi connectivity index (χ2v) is 4.88. The van der Waals surface area contributed by atoms with Crippen LogP contribution in [-0.2, 0) is 0 Å². The number of benzene rings is 1. The van der Waals surface area contributed by atoms with Gasteiger partial charge in [-0.3, -0.25) is 4.98 Å². The number of rotatable bonds is 2. The van der Waals surface area contributed by atoms with Crippen molar-refractivity contribution in [2.45, 2.75) is 0 Å². The summed E-state index contributed by atoms with van der Waals surface area (Å²) in [6.45, 7) is 0. The average Bonchev–Trinajstić information content (AvgIpc) is 2.77. The monoisotopic (exact) mass is 329 g/mol. The minimum absolute atomic E-state index is 0. The Hall–Kier alpha value is -1.56. The summed E-state index contributed by atoms with van der Waals surface area (Å²) in [7, 11) is 1.64. The van der Waals surface area contributed by atoms with Gasteiger partial charge in [0, 0.05) is 17.8 Å². The van der Waals surface area contributed by atoms with Crippen molar-refractivity contribution < 1.29 is 4.74 Å². The average molecular weight is 330 g/mol. The molecule has 1 aromatic carbocycles. The van der Waals surface area contributed by atoms with Crippen molar-refractivity contribution >= 4 is 51.5 Å². The Morgan fingerprint density at radius 2 is 1.95 bits per heavy atom. The number of hydrogen-bond acceptors (Lipinski definition) is 5. The van der Waals surface area contributed by atoms with Gasteiger partial charge in [0.15, 0.2) is 5.13 Å². The Morgan fingerprint density at radius 3 is 2.70 bits per heavy atom. The number of hydrogen-bond donors (Lipinski definition) is 1. The van der Waals surface area contributed by atoms with Crippen molar-refractivity contribution in [1.29, 1.82) is 0 Å². The SMILES string of the molecule is COc1ccnc(-c2ccc3sc(N)nc3c2)c1.Cl.Cl. The first kappa shape index (κ1) is 16.5. The molecule has 2 heterocycles. The lowest BCUT2D eigenvalue weighted by molar-refractivity contribution is 0.414. The molecule has 3 rings (SSSR count). The molecule has 0 fully saturated rings. The van der Waals surface area contributed by atoms with Crippen LogP contribution in [0.1, 0.15) is 0 Å². The van der Waals surface area contributed by atoms with Crippen LogP contribution >= 0.6 is 36.2 Å². The number of nitrogens with two attached hydrogens (primary N) is 1. The van der Waals surface area contributed by atoms with E-state index in [1.807, 2.05) is 30.3 Å². The second kappa shape index (κ2) is 6.74. The fourth-order valence-electron chi connectivity index (χ4n) is 1.80. The lowest BCUT2D eigenvalue weighted by Crippen LogP contribution is -1.87. The number of ether oxygens (including phenoxy) is 1. The van der Waals surface area contributed by atoms with E-state index < -0.39 is 0 Å². The Morgan fingerprint density at radius 1 is 1.15 bits per heavy atom. The van der Waals surface area contributed by atoms with Crippen LogP contribution in [0.4, 0.5) is 5.13 Å². The van der Waals surface area contributed by atoms with Gasteiger partial charge in [-0.25, -0.2) is 4.98 Å². The van der Waals surface area contributed by atoms with Gasteiger partial charge in [0.1, 0.15) is 5.75 Å². The smallest absolute Gasteiger partial charge is 0.181 e. The molecule has 0 aliphatic rings. The molecule has 106 valence electrons. The number of aromatic nitrogens is 2. The number of methoxy groups -OCH3 is 1. The molecule has 0 radical (unpaired) electrons. The van der Waals surface area contributed by atoms with Gasteiger partial charge in [0.2, 0.25) is 0 Å². The molecule has 2 aromatic heterocycles. The highest BCUT2D eigenvalue weighted by atomic mass is 35.5. The van der Waals surface area contributed by atoms with Crippen LogP contribution in [0, 0.1) is 0 Å². The van der Waals surface area contributed by atoms with Crippen LogP contribution in [0.5, 0.6) is 5.75 Å². The van der Waals surface area contributed by atoms with E-state index in [9.17, 15) is 0 Å². The molecule has 20 heavy (non-hydrogen) atoms. The summed E-state index contributed by atoms with van der Waals surface area (Å²) >= 11 is 1.49.